The lowest BCUT2D eigenvalue weighted by Gasteiger charge is -2.12. The number of halogens is 1. The molecule has 1 aliphatic heterocycles. The van der Waals surface area contributed by atoms with E-state index in [4.69, 9.17) is 0 Å². The fourth-order valence-electron chi connectivity index (χ4n) is 2.33. The minimum absolute atomic E-state index is 0.257. The molecule has 7 heteroatoms. The van der Waals surface area contributed by atoms with Gasteiger partial charge < -0.3 is 5.11 Å². The van der Waals surface area contributed by atoms with E-state index in [0.717, 1.165) is 12.8 Å². The smallest absolute Gasteiger partial charge is 0.332 e. The average Bonchev–Trinajstić information content (AvgIpc) is 2.95. The molecule has 1 aliphatic carbocycles. The van der Waals surface area contributed by atoms with Gasteiger partial charge >= 0.3 is 5.69 Å². The summed E-state index contributed by atoms with van der Waals surface area (Å²) >= 11 is 3.26. The van der Waals surface area contributed by atoms with Crippen LogP contribution in [0.1, 0.15) is 24.8 Å². The molecular weight excluding hydrogens is 314 g/mol. The van der Waals surface area contributed by atoms with Crippen molar-refractivity contribution in [3.05, 3.63) is 26.4 Å². The first-order valence-corrected chi connectivity index (χ1v) is 6.99. The molecule has 2 aliphatic rings. The van der Waals surface area contributed by atoms with E-state index in [1.54, 1.807) is 7.05 Å². The summed E-state index contributed by atoms with van der Waals surface area (Å²) in [4.78, 5) is 28.6. The maximum absolute atomic E-state index is 12.3. The van der Waals surface area contributed by atoms with Gasteiger partial charge in [0, 0.05) is 20.0 Å². The molecule has 1 saturated carbocycles. The van der Waals surface area contributed by atoms with E-state index in [2.05, 4.69) is 20.9 Å². The van der Waals surface area contributed by atoms with Gasteiger partial charge in [0.05, 0.1) is 15.8 Å². The topological polar surface area (TPSA) is 76.6 Å². The summed E-state index contributed by atoms with van der Waals surface area (Å²) < 4.78 is 3.26. The van der Waals surface area contributed by atoms with Gasteiger partial charge in [0.1, 0.15) is 5.82 Å². The third-order valence-electron chi connectivity index (χ3n) is 3.79. The van der Waals surface area contributed by atoms with Gasteiger partial charge in [0.15, 0.2) is 0 Å². The van der Waals surface area contributed by atoms with E-state index in [1.165, 1.54) is 9.13 Å². The highest BCUT2D eigenvalue weighted by Gasteiger charge is 2.40. The Kier molecular flexibility index (Phi) is 2.79. The highest BCUT2D eigenvalue weighted by Crippen LogP contribution is 2.38. The molecule has 3 rings (SSSR count). The molecule has 6 nitrogen and oxygen atoms in total. The monoisotopic (exact) mass is 327 g/mol. The molecule has 0 spiro atoms. The van der Waals surface area contributed by atoms with Crippen LogP contribution in [0.2, 0.25) is 0 Å². The molecule has 102 valence electrons. The lowest BCUT2D eigenvalue weighted by molar-refractivity contribution is 0.133. The number of aliphatic hydroxyl groups is 1. The Hall–Kier alpha value is -1.21. The highest BCUT2D eigenvalue weighted by atomic mass is 79.9. The van der Waals surface area contributed by atoms with Gasteiger partial charge in [-0.15, -0.1) is 0 Å². The Balaban J connectivity index is 2.03. The summed E-state index contributed by atoms with van der Waals surface area (Å²) in [6.45, 7) is 0.257. The average molecular weight is 328 g/mol. The maximum atomic E-state index is 12.3. The molecule has 0 amide bonds. The normalized spacial score (nSPS) is 19.2. The predicted octanol–water partition coefficient (Wildman–Crippen LogP) is 0.443. The van der Waals surface area contributed by atoms with Crippen LogP contribution >= 0.6 is 15.9 Å². The summed E-state index contributed by atoms with van der Waals surface area (Å²) in [6, 6.07) is 0. The van der Waals surface area contributed by atoms with E-state index in [-0.39, 0.29) is 17.8 Å². The van der Waals surface area contributed by atoms with E-state index in [1.807, 2.05) is 0 Å². The van der Waals surface area contributed by atoms with Gasteiger partial charge in [-0.2, -0.15) is 0 Å². The molecule has 1 N–H and O–H groups in total. The first kappa shape index (κ1) is 12.8. The lowest BCUT2D eigenvalue weighted by Crippen LogP contribution is -2.41. The lowest BCUT2D eigenvalue weighted by atomic mass is 10.2. The van der Waals surface area contributed by atoms with Crippen molar-refractivity contribution in [1.82, 2.24) is 9.13 Å². The Morgan fingerprint density at radius 1 is 1.42 bits per heavy atom. The van der Waals surface area contributed by atoms with Gasteiger partial charge in [-0.05, 0) is 35.2 Å². The minimum Gasteiger partial charge on any atom is -0.390 e. The van der Waals surface area contributed by atoms with Crippen LogP contribution in [0.3, 0.4) is 0 Å². The van der Waals surface area contributed by atoms with Gasteiger partial charge in [0.2, 0.25) is 0 Å². The molecule has 19 heavy (non-hydrogen) atoms. The van der Waals surface area contributed by atoms with Crippen molar-refractivity contribution in [3.63, 3.8) is 0 Å². The zero-order valence-electron chi connectivity index (χ0n) is 10.5. The minimum atomic E-state index is -0.666. The highest BCUT2D eigenvalue weighted by molar-refractivity contribution is 9.18. The Labute approximate surface area is 117 Å². The molecule has 1 fully saturated rings. The van der Waals surface area contributed by atoms with E-state index < -0.39 is 5.60 Å². The van der Waals surface area contributed by atoms with E-state index >= 15 is 0 Å². The van der Waals surface area contributed by atoms with Crippen LogP contribution in [0.25, 0.3) is 0 Å². The first-order valence-electron chi connectivity index (χ1n) is 6.19. The molecule has 0 bridgehead atoms. The summed E-state index contributed by atoms with van der Waals surface area (Å²) in [5.41, 5.74) is -0.795. The molecule has 2 heterocycles. The summed E-state index contributed by atoms with van der Waals surface area (Å²) in [6.07, 6.45) is 2.37. The van der Waals surface area contributed by atoms with E-state index in [0.29, 0.717) is 28.8 Å². The molecule has 0 atom stereocenters. The maximum Gasteiger partial charge on any atom is 0.332 e. The molecule has 1 aromatic heterocycles. The number of hydrogen-bond donors (Lipinski definition) is 1. The van der Waals surface area contributed by atoms with E-state index in [9.17, 15) is 14.7 Å². The zero-order chi connectivity index (χ0) is 13.8. The third-order valence-corrected chi connectivity index (χ3v) is 4.24. The molecule has 1 aromatic rings. The number of hydrogen-bond acceptors (Lipinski definition) is 4. The fourth-order valence-corrected chi connectivity index (χ4v) is 2.78. The summed E-state index contributed by atoms with van der Waals surface area (Å²) in [5.74, 6) is 0.434. The van der Waals surface area contributed by atoms with Crippen molar-refractivity contribution in [2.75, 3.05) is 0 Å². The molecule has 0 radical (unpaired) electrons. The van der Waals surface area contributed by atoms with Crippen molar-refractivity contribution in [1.29, 1.82) is 0 Å². The van der Waals surface area contributed by atoms with Gasteiger partial charge in [0.25, 0.3) is 5.56 Å². The molecule has 0 unspecified atom stereocenters. The number of aliphatic imine (C=N–C) groups is 1. The SMILES string of the molecule is Cn1c2c(c(=O)n(CCC3(O)CC3)c1=O)CC(Br)=N2. The Morgan fingerprint density at radius 3 is 2.74 bits per heavy atom. The largest absolute Gasteiger partial charge is 0.390 e. The molecule has 0 aromatic carbocycles. The van der Waals surface area contributed by atoms with Crippen molar-refractivity contribution < 1.29 is 5.11 Å². The zero-order valence-corrected chi connectivity index (χ0v) is 12.1. The second-order valence-electron chi connectivity index (χ2n) is 5.24. The second-order valence-corrected chi connectivity index (χ2v) is 6.16. The van der Waals surface area contributed by atoms with Crippen LogP contribution in [0.4, 0.5) is 5.82 Å². The van der Waals surface area contributed by atoms with Crippen molar-refractivity contribution in [3.8, 4) is 0 Å². The quantitative estimate of drug-likeness (QED) is 0.875. The fraction of sp³-hybridized carbons (Fsp3) is 0.583. The van der Waals surface area contributed by atoms with Crippen molar-refractivity contribution in [2.45, 2.75) is 37.8 Å². The van der Waals surface area contributed by atoms with Crippen LogP contribution in [0, 0.1) is 0 Å². The van der Waals surface area contributed by atoms with Crippen molar-refractivity contribution in [2.24, 2.45) is 12.0 Å². The summed E-state index contributed by atoms with van der Waals surface area (Å²) in [7, 11) is 1.61. The van der Waals surface area contributed by atoms with Crippen LogP contribution in [-0.4, -0.2) is 24.5 Å². The number of rotatable bonds is 3. The number of fused-ring (bicyclic) bond motifs is 1. The third kappa shape index (κ3) is 2.10. The summed E-state index contributed by atoms with van der Waals surface area (Å²) in [5, 5.41) is 9.82. The standard InChI is InChI=1S/C12H14BrN3O3/c1-15-9-7(6-8(13)14-9)10(17)16(11(15)18)5-4-12(19)2-3-12/h19H,2-6H2,1H3. The first-order chi connectivity index (χ1) is 8.91. The van der Waals surface area contributed by atoms with Crippen LogP contribution < -0.4 is 11.2 Å². The van der Waals surface area contributed by atoms with Gasteiger partial charge in [-0.1, -0.05) is 0 Å². The van der Waals surface area contributed by atoms with Crippen LogP contribution in [0.15, 0.2) is 14.6 Å². The molecule has 0 saturated heterocycles. The molecular formula is C12H14BrN3O3. The van der Waals surface area contributed by atoms with Crippen molar-refractivity contribution >= 4 is 26.4 Å². The number of nitrogens with zero attached hydrogens (tertiary/aromatic N) is 3. The Bertz CT molecular complexity index is 697. The number of aromatic nitrogens is 2. The van der Waals surface area contributed by atoms with Crippen LogP contribution in [0.5, 0.6) is 0 Å². The predicted molar refractivity (Wildman–Crippen MR) is 74.5 cm³/mol. The second kappa shape index (κ2) is 4.14. The van der Waals surface area contributed by atoms with Crippen LogP contribution in [-0.2, 0) is 20.0 Å². The Morgan fingerprint density at radius 2 is 2.11 bits per heavy atom. The van der Waals surface area contributed by atoms with Gasteiger partial charge in [-0.3, -0.25) is 13.9 Å². The van der Waals surface area contributed by atoms with Gasteiger partial charge in [-0.25, -0.2) is 9.79 Å².